The van der Waals surface area contributed by atoms with Gasteiger partial charge in [0.15, 0.2) is 5.82 Å². The zero-order chi connectivity index (χ0) is 14.9. The van der Waals surface area contributed by atoms with E-state index in [1.54, 1.807) is 10.7 Å². The summed E-state index contributed by atoms with van der Waals surface area (Å²) in [4.78, 5) is 8.75. The average molecular weight is 276 g/mol. The molecule has 4 heteroatoms. The van der Waals surface area contributed by atoms with Gasteiger partial charge >= 0.3 is 0 Å². The van der Waals surface area contributed by atoms with Crippen molar-refractivity contribution in [3.05, 3.63) is 59.7 Å². The summed E-state index contributed by atoms with van der Waals surface area (Å²) in [6.07, 6.45) is 3.59. The van der Waals surface area contributed by atoms with Crippen LogP contribution in [-0.4, -0.2) is 19.6 Å². The predicted octanol–water partition coefficient (Wildman–Crippen LogP) is 2.82. The van der Waals surface area contributed by atoms with E-state index < -0.39 is 0 Å². The lowest BCUT2D eigenvalue weighted by atomic mass is 9.96. The number of aromatic nitrogens is 4. The molecule has 3 aromatic rings. The van der Waals surface area contributed by atoms with Gasteiger partial charge in [-0.25, -0.2) is 9.50 Å². The quantitative estimate of drug-likeness (QED) is 0.593. The summed E-state index contributed by atoms with van der Waals surface area (Å²) in [6, 6.07) is 9.87. The Labute approximate surface area is 123 Å². The lowest BCUT2D eigenvalue weighted by Gasteiger charge is -2.11. The third kappa shape index (κ3) is 2.92. The van der Waals surface area contributed by atoms with Gasteiger partial charge in [-0.05, 0) is 12.1 Å². The Morgan fingerprint density at radius 3 is 2.43 bits per heavy atom. The third-order valence-corrected chi connectivity index (χ3v) is 2.99. The Balaban J connectivity index is 1.97. The van der Waals surface area contributed by atoms with Gasteiger partial charge in [-0.2, -0.15) is 4.98 Å². The van der Waals surface area contributed by atoms with Crippen LogP contribution in [0.3, 0.4) is 0 Å². The van der Waals surface area contributed by atoms with Crippen molar-refractivity contribution in [2.75, 3.05) is 0 Å². The van der Waals surface area contributed by atoms with Crippen LogP contribution in [0, 0.1) is 11.8 Å². The molecule has 2 aromatic heterocycles. The predicted molar refractivity (Wildman–Crippen MR) is 81.9 cm³/mol. The minimum absolute atomic E-state index is 0.0937. The lowest BCUT2D eigenvalue weighted by molar-refractivity contribution is 0.545. The van der Waals surface area contributed by atoms with Crippen LogP contribution < -0.4 is 0 Å². The van der Waals surface area contributed by atoms with Crippen molar-refractivity contribution in [1.29, 1.82) is 0 Å². The Morgan fingerprint density at radius 1 is 1.00 bits per heavy atom. The normalized spacial score (nSPS) is 11.2. The van der Waals surface area contributed by atoms with Gasteiger partial charge < -0.3 is 0 Å². The molecule has 0 aliphatic carbocycles. The first-order chi connectivity index (χ1) is 10.0. The highest BCUT2D eigenvalue weighted by Crippen LogP contribution is 2.18. The number of fused-ring (bicyclic) bond motifs is 1. The Bertz CT molecular complexity index is 830. The minimum atomic E-state index is -0.0937. The van der Waals surface area contributed by atoms with E-state index in [9.17, 15) is 0 Å². The van der Waals surface area contributed by atoms with Crippen molar-refractivity contribution in [2.45, 2.75) is 26.2 Å². The van der Waals surface area contributed by atoms with Crippen LogP contribution in [-0.2, 0) is 5.41 Å². The molecule has 104 valence electrons. The molecule has 0 aliphatic rings. The minimum Gasteiger partial charge on any atom is -0.218 e. The smallest absolute Gasteiger partial charge is 0.218 e. The monoisotopic (exact) mass is 276 g/mol. The van der Waals surface area contributed by atoms with E-state index in [-0.39, 0.29) is 5.41 Å². The second kappa shape index (κ2) is 5.02. The molecule has 0 aliphatic heterocycles. The maximum Gasteiger partial charge on any atom is 0.252 e. The maximum absolute atomic E-state index is 4.47. The molecule has 2 heterocycles. The summed E-state index contributed by atoms with van der Waals surface area (Å²) in [5, 5.41) is 4.47. The van der Waals surface area contributed by atoms with E-state index in [2.05, 4.69) is 47.7 Å². The standard InChI is InChI=1S/C17H16N4/c1-17(2,3)15-19-16-18-11-14(12-21(16)20-15)10-9-13-7-5-4-6-8-13/h4-8,11-12H,1-3H3. The van der Waals surface area contributed by atoms with E-state index in [0.717, 1.165) is 17.0 Å². The molecule has 4 nitrogen and oxygen atoms in total. The van der Waals surface area contributed by atoms with Gasteiger partial charge in [0.25, 0.3) is 5.78 Å². The Morgan fingerprint density at radius 2 is 1.71 bits per heavy atom. The molecule has 21 heavy (non-hydrogen) atoms. The number of nitrogens with zero attached hydrogens (tertiary/aromatic N) is 4. The van der Waals surface area contributed by atoms with E-state index >= 15 is 0 Å². The molecule has 0 spiro atoms. The van der Waals surface area contributed by atoms with E-state index in [1.165, 1.54) is 0 Å². The van der Waals surface area contributed by atoms with E-state index in [4.69, 9.17) is 0 Å². The topological polar surface area (TPSA) is 43.1 Å². The molecule has 0 unspecified atom stereocenters. The molecular formula is C17H16N4. The summed E-state index contributed by atoms with van der Waals surface area (Å²) >= 11 is 0. The fraction of sp³-hybridized carbons (Fsp3) is 0.235. The van der Waals surface area contributed by atoms with Crippen molar-refractivity contribution in [1.82, 2.24) is 19.6 Å². The first kappa shape index (κ1) is 13.3. The first-order valence-corrected chi connectivity index (χ1v) is 6.82. The highest BCUT2D eigenvalue weighted by atomic mass is 15.3. The van der Waals surface area contributed by atoms with Gasteiger partial charge in [0.2, 0.25) is 0 Å². The lowest BCUT2D eigenvalue weighted by Crippen LogP contribution is -2.13. The van der Waals surface area contributed by atoms with Crippen molar-refractivity contribution < 1.29 is 0 Å². The molecule has 0 saturated heterocycles. The largest absolute Gasteiger partial charge is 0.252 e. The molecule has 3 rings (SSSR count). The van der Waals surface area contributed by atoms with Crippen LogP contribution in [0.25, 0.3) is 5.78 Å². The zero-order valence-electron chi connectivity index (χ0n) is 12.3. The molecule has 0 atom stereocenters. The summed E-state index contributed by atoms with van der Waals surface area (Å²) in [6.45, 7) is 6.24. The molecule has 0 fully saturated rings. The molecule has 0 amide bonds. The first-order valence-electron chi connectivity index (χ1n) is 6.82. The number of hydrogen-bond donors (Lipinski definition) is 0. The van der Waals surface area contributed by atoms with Crippen LogP contribution in [0.5, 0.6) is 0 Å². The SMILES string of the molecule is CC(C)(C)c1nc2ncc(C#Cc3ccccc3)cn2n1. The summed E-state index contributed by atoms with van der Waals surface area (Å²) in [7, 11) is 0. The Hall–Kier alpha value is -2.67. The molecular weight excluding hydrogens is 260 g/mol. The highest BCUT2D eigenvalue weighted by molar-refractivity contribution is 5.42. The second-order valence-corrected chi connectivity index (χ2v) is 5.89. The van der Waals surface area contributed by atoms with Crippen molar-refractivity contribution in [3.8, 4) is 11.8 Å². The fourth-order valence-corrected chi connectivity index (χ4v) is 1.83. The molecule has 0 radical (unpaired) electrons. The highest BCUT2D eigenvalue weighted by Gasteiger charge is 2.19. The number of rotatable bonds is 0. The van der Waals surface area contributed by atoms with Crippen molar-refractivity contribution in [3.63, 3.8) is 0 Å². The number of benzene rings is 1. The van der Waals surface area contributed by atoms with Crippen LogP contribution in [0.15, 0.2) is 42.7 Å². The molecule has 0 bridgehead atoms. The van der Waals surface area contributed by atoms with Gasteiger partial charge in [-0.1, -0.05) is 50.8 Å². The summed E-state index contributed by atoms with van der Waals surface area (Å²) < 4.78 is 1.69. The maximum atomic E-state index is 4.47. The fourth-order valence-electron chi connectivity index (χ4n) is 1.83. The summed E-state index contributed by atoms with van der Waals surface area (Å²) in [5.74, 6) is 7.59. The third-order valence-electron chi connectivity index (χ3n) is 2.99. The van der Waals surface area contributed by atoms with Crippen LogP contribution in [0.1, 0.15) is 37.7 Å². The van der Waals surface area contributed by atoms with Crippen molar-refractivity contribution >= 4 is 5.78 Å². The summed E-state index contributed by atoms with van der Waals surface area (Å²) in [5.41, 5.74) is 1.70. The average Bonchev–Trinajstić information content (AvgIpc) is 2.89. The molecule has 0 N–H and O–H groups in total. The molecule has 0 saturated carbocycles. The van der Waals surface area contributed by atoms with Crippen LogP contribution >= 0.6 is 0 Å². The van der Waals surface area contributed by atoms with Gasteiger partial charge in [0.1, 0.15) is 0 Å². The van der Waals surface area contributed by atoms with Crippen molar-refractivity contribution in [2.24, 2.45) is 0 Å². The number of hydrogen-bond acceptors (Lipinski definition) is 3. The second-order valence-electron chi connectivity index (χ2n) is 5.89. The van der Waals surface area contributed by atoms with E-state index in [1.807, 2.05) is 36.5 Å². The van der Waals surface area contributed by atoms with Gasteiger partial charge in [-0.15, -0.1) is 5.10 Å². The van der Waals surface area contributed by atoms with Gasteiger partial charge in [0, 0.05) is 23.4 Å². The van der Waals surface area contributed by atoms with Gasteiger partial charge in [0.05, 0.1) is 5.56 Å². The van der Waals surface area contributed by atoms with E-state index in [0.29, 0.717) is 5.78 Å². The van der Waals surface area contributed by atoms with Gasteiger partial charge in [-0.3, -0.25) is 0 Å². The van der Waals surface area contributed by atoms with Crippen LogP contribution in [0.4, 0.5) is 0 Å². The molecule has 1 aromatic carbocycles. The zero-order valence-corrected chi connectivity index (χ0v) is 12.3. The Kier molecular flexibility index (Phi) is 3.19. The van der Waals surface area contributed by atoms with Crippen LogP contribution in [0.2, 0.25) is 0 Å².